The number of nitrogens with one attached hydrogen (secondary N) is 3. The molecule has 0 aliphatic heterocycles. The summed E-state index contributed by atoms with van der Waals surface area (Å²) in [6.07, 6.45) is 1.50. The maximum atomic E-state index is 11.9. The van der Waals surface area contributed by atoms with E-state index >= 15 is 0 Å². The standard InChI is InChI=1S/C16H15Cl2N3O4/c17-12-4-3-10(6-13(12)18)16(24)21-9-15(23)20-8-14(22)19-7-11-2-1-5-25-11/h1-6H,7-9H2,(H,19,22)(H,20,23)(H,21,24). The van der Waals surface area contributed by atoms with E-state index in [1.54, 1.807) is 12.1 Å². The van der Waals surface area contributed by atoms with E-state index in [0.717, 1.165) is 0 Å². The first-order chi connectivity index (χ1) is 12.0. The van der Waals surface area contributed by atoms with Crippen molar-refractivity contribution in [2.45, 2.75) is 6.54 Å². The van der Waals surface area contributed by atoms with Crippen molar-refractivity contribution >= 4 is 40.9 Å². The zero-order chi connectivity index (χ0) is 18.2. The van der Waals surface area contributed by atoms with Gasteiger partial charge in [0.2, 0.25) is 11.8 Å². The van der Waals surface area contributed by atoms with E-state index in [4.69, 9.17) is 27.6 Å². The molecule has 7 nitrogen and oxygen atoms in total. The molecule has 0 unspecified atom stereocenters. The zero-order valence-corrected chi connectivity index (χ0v) is 14.5. The van der Waals surface area contributed by atoms with E-state index in [-0.39, 0.29) is 36.1 Å². The van der Waals surface area contributed by atoms with Crippen LogP contribution in [-0.4, -0.2) is 30.8 Å². The Labute approximate surface area is 153 Å². The van der Waals surface area contributed by atoms with Gasteiger partial charge in [0, 0.05) is 5.56 Å². The highest BCUT2D eigenvalue weighted by Gasteiger charge is 2.11. The molecule has 0 bridgehead atoms. The number of hydrogen-bond donors (Lipinski definition) is 3. The van der Waals surface area contributed by atoms with Crippen LogP contribution in [0.5, 0.6) is 0 Å². The molecule has 132 valence electrons. The van der Waals surface area contributed by atoms with Crippen LogP contribution in [-0.2, 0) is 16.1 Å². The first kappa shape index (κ1) is 18.8. The number of halogens is 2. The van der Waals surface area contributed by atoms with Crippen molar-refractivity contribution < 1.29 is 18.8 Å². The van der Waals surface area contributed by atoms with Gasteiger partial charge in [0.25, 0.3) is 5.91 Å². The van der Waals surface area contributed by atoms with Crippen LogP contribution in [0.1, 0.15) is 16.1 Å². The molecule has 1 aromatic carbocycles. The molecule has 0 saturated heterocycles. The normalized spacial score (nSPS) is 10.2. The number of benzene rings is 1. The lowest BCUT2D eigenvalue weighted by Crippen LogP contribution is -2.41. The van der Waals surface area contributed by atoms with E-state index in [9.17, 15) is 14.4 Å². The van der Waals surface area contributed by atoms with Gasteiger partial charge < -0.3 is 20.4 Å². The van der Waals surface area contributed by atoms with Crippen LogP contribution in [0.2, 0.25) is 10.0 Å². The summed E-state index contributed by atoms with van der Waals surface area (Å²) in [5, 5.41) is 7.97. The van der Waals surface area contributed by atoms with E-state index in [2.05, 4.69) is 16.0 Å². The van der Waals surface area contributed by atoms with Gasteiger partial charge in [0.05, 0.1) is 35.9 Å². The van der Waals surface area contributed by atoms with Crippen LogP contribution in [0.15, 0.2) is 41.0 Å². The summed E-state index contributed by atoms with van der Waals surface area (Å²) in [5.74, 6) is -0.744. The average Bonchev–Trinajstić information content (AvgIpc) is 3.12. The molecule has 25 heavy (non-hydrogen) atoms. The van der Waals surface area contributed by atoms with Gasteiger partial charge in [-0.05, 0) is 30.3 Å². The predicted molar refractivity (Wildman–Crippen MR) is 92.4 cm³/mol. The lowest BCUT2D eigenvalue weighted by atomic mass is 10.2. The van der Waals surface area contributed by atoms with Crippen LogP contribution in [0.25, 0.3) is 0 Å². The van der Waals surface area contributed by atoms with Crippen LogP contribution >= 0.6 is 23.2 Å². The van der Waals surface area contributed by atoms with Crippen molar-refractivity contribution in [2.75, 3.05) is 13.1 Å². The Morgan fingerprint density at radius 1 is 0.920 bits per heavy atom. The third-order valence-electron chi connectivity index (χ3n) is 3.08. The van der Waals surface area contributed by atoms with Crippen LogP contribution in [0.3, 0.4) is 0 Å². The average molecular weight is 384 g/mol. The first-order valence-corrected chi connectivity index (χ1v) is 8.00. The lowest BCUT2D eigenvalue weighted by molar-refractivity contribution is -0.125. The fourth-order valence-electron chi connectivity index (χ4n) is 1.80. The summed E-state index contributed by atoms with van der Waals surface area (Å²) < 4.78 is 5.06. The Morgan fingerprint density at radius 3 is 2.32 bits per heavy atom. The minimum absolute atomic E-state index is 0.206. The summed E-state index contributed by atoms with van der Waals surface area (Å²) in [6.45, 7) is -0.248. The Kier molecular flexibility index (Phi) is 6.85. The zero-order valence-electron chi connectivity index (χ0n) is 13.0. The van der Waals surface area contributed by atoms with E-state index < -0.39 is 11.8 Å². The molecular weight excluding hydrogens is 369 g/mol. The third-order valence-corrected chi connectivity index (χ3v) is 3.82. The summed E-state index contributed by atoms with van der Waals surface area (Å²) in [7, 11) is 0. The molecule has 1 aromatic heterocycles. The number of furan rings is 1. The molecule has 3 N–H and O–H groups in total. The molecule has 0 saturated carbocycles. The molecule has 3 amide bonds. The number of carbonyl (C=O) groups excluding carboxylic acids is 3. The lowest BCUT2D eigenvalue weighted by Gasteiger charge is -2.08. The van der Waals surface area contributed by atoms with Crippen molar-refractivity contribution in [3.63, 3.8) is 0 Å². The largest absolute Gasteiger partial charge is 0.467 e. The molecule has 0 radical (unpaired) electrons. The van der Waals surface area contributed by atoms with Crippen LogP contribution in [0, 0.1) is 0 Å². The van der Waals surface area contributed by atoms with Gasteiger partial charge in [-0.1, -0.05) is 23.2 Å². The van der Waals surface area contributed by atoms with E-state index in [1.165, 1.54) is 24.5 Å². The molecule has 1 heterocycles. The Morgan fingerprint density at radius 2 is 1.64 bits per heavy atom. The van der Waals surface area contributed by atoms with E-state index in [0.29, 0.717) is 10.8 Å². The molecule has 9 heteroatoms. The minimum atomic E-state index is -0.499. The van der Waals surface area contributed by atoms with Gasteiger partial charge in [-0.2, -0.15) is 0 Å². The smallest absolute Gasteiger partial charge is 0.251 e. The molecule has 0 aliphatic rings. The molecule has 2 rings (SSSR count). The van der Waals surface area contributed by atoms with Crippen molar-refractivity contribution in [1.29, 1.82) is 0 Å². The fourth-order valence-corrected chi connectivity index (χ4v) is 2.10. The SMILES string of the molecule is O=C(CNC(=O)CNC(=O)c1ccc(Cl)c(Cl)c1)NCc1ccco1. The summed E-state index contributed by atoms with van der Waals surface area (Å²) in [6, 6.07) is 7.81. The van der Waals surface area contributed by atoms with Crippen molar-refractivity contribution in [3.05, 3.63) is 58.0 Å². The van der Waals surface area contributed by atoms with Crippen LogP contribution in [0.4, 0.5) is 0 Å². The number of carbonyl (C=O) groups is 3. The van der Waals surface area contributed by atoms with Gasteiger partial charge in [-0.15, -0.1) is 0 Å². The molecule has 0 atom stereocenters. The number of amides is 3. The van der Waals surface area contributed by atoms with Crippen LogP contribution < -0.4 is 16.0 Å². The summed E-state index contributed by atoms with van der Waals surface area (Å²) in [4.78, 5) is 35.2. The van der Waals surface area contributed by atoms with Crippen molar-refractivity contribution in [3.8, 4) is 0 Å². The predicted octanol–water partition coefficient (Wildman–Crippen LogP) is 1.75. The second-order valence-electron chi connectivity index (χ2n) is 4.94. The topological polar surface area (TPSA) is 100 Å². The third kappa shape index (κ3) is 6.13. The Balaban J connectivity index is 1.68. The monoisotopic (exact) mass is 383 g/mol. The highest BCUT2D eigenvalue weighted by molar-refractivity contribution is 6.42. The second-order valence-corrected chi connectivity index (χ2v) is 5.76. The maximum Gasteiger partial charge on any atom is 0.251 e. The highest BCUT2D eigenvalue weighted by atomic mass is 35.5. The van der Waals surface area contributed by atoms with Gasteiger partial charge in [0.15, 0.2) is 0 Å². The minimum Gasteiger partial charge on any atom is -0.467 e. The molecule has 2 aromatic rings. The van der Waals surface area contributed by atoms with Gasteiger partial charge in [-0.3, -0.25) is 14.4 Å². The van der Waals surface area contributed by atoms with Gasteiger partial charge in [-0.25, -0.2) is 0 Å². The van der Waals surface area contributed by atoms with E-state index in [1.807, 2.05) is 0 Å². The quantitative estimate of drug-likeness (QED) is 0.677. The summed E-state index contributed by atoms with van der Waals surface area (Å²) >= 11 is 11.6. The highest BCUT2D eigenvalue weighted by Crippen LogP contribution is 2.22. The number of hydrogen-bond acceptors (Lipinski definition) is 4. The molecule has 0 spiro atoms. The Hall–Kier alpha value is -2.51. The Bertz CT molecular complexity index is 763. The maximum absolute atomic E-state index is 11.9. The summed E-state index contributed by atoms with van der Waals surface area (Å²) in [5.41, 5.74) is 0.276. The molecular formula is C16H15Cl2N3O4. The number of rotatable bonds is 7. The van der Waals surface area contributed by atoms with Crippen molar-refractivity contribution in [2.24, 2.45) is 0 Å². The van der Waals surface area contributed by atoms with Gasteiger partial charge in [0.1, 0.15) is 5.76 Å². The first-order valence-electron chi connectivity index (χ1n) is 7.24. The molecule has 0 fully saturated rings. The molecule has 0 aliphatic carbocycles. The van der Waals surface area contributed by atoms with Crippen molar-refractivity contribution in [1.82, 2.24) is 16.0 Å². The second kappa shape index (κ2) is 9.10. The van der Waals surface area contributed by atoms with Gasteiger partial charge >= 0.3 is 0 Å². The fraction of sp³-hybridized carbons (Fsp3) is 0.188.